The number of rotatable bonds is 5. The van der Waals surface area contributed by atoms with Crippen molar-refractivity contribution >= 4 is 5.91 Å². The summed E-state index contributed by atoms with van der Waals surface area (Å²) in [6.07, 6.45) is -1.19. The molecular formula is C12H17NO3. The van der Waals surface area contributed by atoms with Gasteiger partial charge in [0, 0.05) is 0 Å². The summed E-state index contributed by atoms with van der Waals surface area (Å²) in [6, 6.07) is 8.73. The average Bonchev–Trinajstić information content (AvgIpc) is 2.28. The van der Waals surface area contributed by atoms with Crippen molar-refractivity contribution in [1.29, 1.82) is 0 Å². The van der Waals surface area contributed by atoms with E-state index in [0.29, 0.717) is 18.1 Å². The van der Waals surface area contributed by atoms with Crippen LogP contribution in [0.25, 0.3) is 0 Å². The van der Waals surface area contributed by atoms with E-state index in [1.54, 1.807) is 24.3 Å². The van der Waals surface area contributed by atoms with Gasteiger partial charge in [-0.05, 0) is 11.5 Å². The van der Waals surface area contributed by atoms with Crippen molar-refractivity contribution in [2.24, 2.45) is 5.92 Å². The summed E-state index contributed by atoms with van der Waals surface area (Å²) in [5, 5.41) is 9.66. The maximum absolute atomic E-state index is 11.4. The normalized spacial score (nSPS) is 12.5. The molecule has 16 heavy (non-hydrogen) atoms. The molecule has 1 aromatic rings. The van der Waals surface area contributed by atoms with Gasteiger partial charge in [0.05, 0.1) is 6.61 Å². The third kappa shape index (κ3) is 4.00. The number of nitrogens with one attached hydrogen (secondary N) is 1. The number of hydrogen-bond acceptors (Lipinski definition) is 3. The van der Waals surface area contributed by atoms with E-state index in [-0.39, 0.29) is 0 Å². The third-order valence-corrected chi connectivity index (χ3v) is 1.95. The maximum Gasteiger partial charge on any atom is 0.276 e. The zero-order valence-electron chi connectivity index (χ0n) is 9.51. The Balaban J connectivity index is 2.43. The number of aliphatic hydroxyl groups is 1. The van der Waals surface area contributed by atoms with E-state index in [2.05, 4.69) is 5.48 Å². The van der Waals surface area contributed by atoms with Gasteiger partial charge in [0.1, 0.15) is 0 Å². The number of amides is 1. The molecule has 0 aliphatic carbocycles. The van der Waals surface area contributed by atoms with Crippen LogP contribution >= 0.6 is 0 Å². The molecule has 0 fully saturated rings. The van der Waals surface area contributed by atoms with Crippen molar-refractivity contribution < 1.29 is 14.7 Å². The molecule has 2 N–H and O–H groups in total. The van der Waals surface area contributed by atoms with Crippen LogP contribution in [0.1, 0.15) is 25.5 Å². The summed E-state index contributed by atoms with van der Waals surface area (Å²) in [4.78, 5) is 16.4. The Morgan fingerprint density at radius 2 is 2.00 bits per heavy atom. The van der Waals surface area contributed by atoms with Gasteiger partial charge in [0.15, 0.2) is 6.10 Å². The molecular weight excluding hydrogens is 206 g/mol. The number of benzene rings is 1. The topological polar surface area (TPSA) is 58.6 Å². The molecule has 0 aliphatic rings. The minimum Gasteiger partial charge on any atom is -0.378 e. The van der Waals surface area contributed by atoms with Crippen molar-refractivity contribution in [2.45, 2.75) is 20.0 Å². The van der Waals surface area contributed by atoms with E-state index >= 15 is 0 Å². The Hall–Kier alpha value is -1.39. The van der Waals surface area contributed by atoms with Gasteiger partial charge in [-0.15, -0.1) is 0 Å². The molecule has 0 saturated carbocycles. The van der Waals surface area contributed by atoms with E-state index in [9.17, 15) is 9.90 Å². The summed E-state index contributed by atoms with van der Waals surface area (Å²) < 4.78 is 0. The molecule has 0 aliphatic heterocycles. The Morgan fingerprint density at radius 1 is 1.38 bits per heavy atom. The zero-order chi connectivity index (χ0) is 12.0. The Kier molecular flexibility index (Phi) is 4.95. The van der Waals surface area contributed by atoms with E-state index in [1.165, 1.54) is 0 Å². The number of carbonyl (C=O) groups excluding carboxylic acids is 1. The molecule has 1 unspecified atom stereocenters. The molecule has 1 amide bonds. The molecule has 0 spiro atoms. The largest absolute Gasteiger partial charge is 0.378 e. The van der Waals surface area contributed by atoms with Crippen LogP contribution in [0.5, 0.6) is 0 Å². The zero-order valence-corrected chi connectivity index (χ0v) is 9.51. The summed E-state index contributed by atoms with van der Waals surface area (Å²) in [7, 11) is 0. The van der Waals surface area contributed by atoms with E-state index in [0.717, 1.165) is 0 Å². The minimum absolute atomic E-state index is 0.328. The second-order valence-electron chi connectivity index (χ2n) is 3.98. The maximum atomic E-state index is 11.4. The quantitative estimate of drug-likeness (QED) is 0.742. The lowest BCUT2D eigenvalue weighted by Gasteiger charge is -2.12. The molecule has 0 bridgehead atoms. The Bertz CT molecular complexity index is 324. The second-order valence-corrected chi connectivity index (χ2v) is 3.98. The van der Waals surface area contributed by atoms with Crippen LogP contribution in [0.2, 0.25) is 0 Å². The van der Waals surface area contributed by atoms with Crippen LogP contribution in [-0.4, -0.2) is 17.6 Å². The second kappa shape index (κ2) is 6.25. The van der Waals surface area contributed by atoms with Gasteiger partial charge in [0.2, 0.25) is 0 Å². The first-order valence-electron chi connectivity index (χ1n) is 5.26. The van der Waals surface area contributed by atoms with Gasteiger partial charge in [-0.25, -0.2) is 5.48 Å². The highest BCUT2D eigenvalue weighted by molar-refractivity contribution is 5.80. The van der Waals surface area contributed by atoms with Gasteiger partial charge < -0.3 is 5.11 Å². The van der Waals surface area contributed by atoms with E-state index in [1.807, 2.05) is 19.9 Å². The van der Waals surface area contributed by atoms with Crippen LogP contribution in [0.3, 0.4) is 0 Å². The number of hydroxylamine groups is 1. The smallest absolute Gasteiger partial charge is 0.276 e. The van der Waals surface area contributed by atoms with Crippen molar-refractivity contribution in [3.8, 4) is 0 Å². The van der Waals surface area contributed by atoms with Gasteiger partial charge in [-0.3, -0.25) is 9.63 Å². The third-order valence-electron chi connectivity index (χ3n) is 1.95. The minimum atomic E-state index is -1.19. The summed E-state index contributed by atoms with van der Waals surface area (Å²) in [6.45, 7) is 4.37. The Morgan fingerprint density at radius 3 is 2.56 bits per heavy atom. The summed E-state index contributed by atoms with van der Waals surface area (Å²) in [5.41, 5.74) is 2.77. The van der Waals surface area contributed by atoms with Crippen LogP contribution in [-0.2, 0) is 9.63 Å². The fourth-order valence-electron chi connectivity index (χ4n) is 1.12. The van der Waals surface area contributed by atoms with Crippen molar-refractivity contribution in [3.05, 3.63) is 35.9 Å². The van der Waals surface area contributed by atoms with Gasteiger partial charge >= 0.3 is 0 Å². The standard InChI is InChI=1S/C12H17NO3/c1-9(2)8-16-13-12(15)11(14)10-6-4-3-5-7-10/h3-7,9,11,14H,8H2,1-2H3,(H,13,15). The lowest BCUT2D eigenvalue weighted by atomic mass is 10.1. The summed E-state index contributed by atoms with van der Waals surface area (Å²) >= 11 is 0. The molecule has 88 valence electrons. The van der Waals surface area contributed by atoms with Gasteiger partial charge in [0.25, 0.3) is 5.91 Å². The van der Waals surface area contributed by atoms with Crippen molar-refractivity contribution in [3.63, 3.8) is 0 Å². The Labute approximate surface area is 95.2 Å². The summed E-state index contributed by atoms with van der Waals surface area (Å²) in [5.74, 6) is -0.221. The van der Waals surface area contributed by atoms with E-state index in [4.69, 9.17) is 4.84 Å². The predicted octanol–water partition coefficient (Wildman–Crippen LogP) is 1.42. The highest BCUT2D eigenvalue weighted by Crippen LogP contribution is 2.11. The van der Waals surface area contributed by atoms with Gasteiger partial charge in [-0.2, -0.15) is 0 Å². The lowest BCUT2D eigenvalue weighted by Crippen LogP contribution is -2.30. The first-order chi connectivity index (χ1) is 7.61. The molecule has 1 atom stereocenters. The SMILES string of the molecule is CC(C)CONC(=O)C(O)c1ccccc1. The van der Waals surface area contributed by atoms with Crippen molar-refractivity contribution in [1.82, 2.24) is 5.48 Å². The van der Waals surface area contributed by atoms with Crippen molar-refractivity contribution in [2.75, 3.05) is 6.61 Å². The molecule has 0 aromatic heterocycles. The van der Waals surface area contributed by atoms with Crippen LogP contribution < -0.4 is 5.48 Å². The first-order valence-corrected chi connectivity index (χ1v) is 5.26. The molecule has 1 rings (SSSR count). The number of hydrogen-bond donors (Lipinski definition) is 2. The highest BCUT2D eigenvalue weighted by Gasteiger charge is 2.16. The number of aliphatic hydroxyl groups excluding tert-OH is 1. The van der Waals surface area contributed by atoms with Crippen LogP contribution in [0.4, 0.5) is 0 Å². The molecule has 0 saturated heterocycles. The van der Waals surface area contributed by atoms with Crippen LogP contribution in [0.15, 0.2) is 30.3 Å². The molecule has 4 heteroatoms. The fourth-order valence-corrected chi connectivity index (χ4v) is 1.12. The van der Waals surface area contributed by atoms with Crippen LogP contribution in [0, 0.1) is 5.92 Å². The molecule has 1 aromatic carbocycles. The monoisotopic (exact) mass is 223 g/mol. The number of carbonyl (C=O) groups is 1. The highest BCUT2D eigenvalue weighted by atomic mass is 16.7. The average molecular weight is 223 g/mol. The molecule has 0 heterocycles. The predicted molar refractivity (Wildman–Crippen MR) is 60.3 cm³/mol. The van der Waals surface area contributed by atoms with E-state index < -0.39 is 12.0 Å². The lowest BCUT2D eigenvalue weighted by molar-refractivity contribution is -0.143. The fraction of sp³-hybridized carbons (Fsp3) is 0.417. The first kappa shape index (κ1) is 12.7. The molecule has 4 nitrogen and oxygen atoms in total. The molecule has 0 radical (unpaired) electrons. The van der Waals surface area contributed by atoms with Gasteiger partial charge in [-0.1, -0.05) is 44.2 Å².